The summed E-state index contributed by atoms with van der Waals surface area (Å²) in [5.41, 5.74) is 5.33. The molecule has 1 N–H and O–H groups in total. The maximum Gasteiger partial charge on any atom is 0.251 e. The minimum Gasteiger partial charge on any atom is -0.351 e. The van der Waals surface area contributed by atoms with Gasteiger partial charge in [-0.05, 0) is 68.7 Å². The third-order valence-corrected chi connectivity index (χ3v) is 4.79. The Bertz CT molecular complexity index is 1000. The molecule has 0 unspecified atom stereocenters. The fourth-order valence-corrected chi connectivity index (χ4v) is 3.03. The number of pyridine rings is 1. The van der Waals surface area contributed by atoms with Gasteiger partial charge in [-0.2, -0.15) is 0 Å². The van der Waals surface area contributed by atoms with Gasteiger partial charge in [0.1, 0.15) is 0 Å². The Hall–Kier alpha value is -3.38. The number of likely N-dealkylation sites (N-methyl/N-ethyl adjacent to an activating group) is 1. The van der Waals surface area contributed by atoms with Crippen molar-refractivity contribution in [3.05, 3.63) is 65.9 Å². The third-order valence-electron chi connectivity index (χ3n) is 4.79. The molecule has 2 aromatic rings. The monoisotopic (exact) mass is 417 g/mol. The summed E-state index contributed by atoms with van der Waals surface area (Å²) in [6.45, 7) is 11.3. The molecule has 6 nitrogen and oxygen atoms in total. The second-order valence-corrected chi connectivity index (χ2v) is 7.29. The Morgan fingerprint density at radius 1 is 1.26 bits per heavy atom. The number of aromatic nitrogens is 1. The lowest BCUT2D eigenvalue weighted by molar-refractivity contribution is 0.0951. The molecule has 1 aromatic heterocycles. The van der Waals surface area contributed by atoms with Crippen molar-refractivity contribution in [3.8, 4) is 11.3 Å². The number of nitrogens with one attached hydrogen (secondary N) is 1. The van der Waals surface area contributed by atoms with Crippen LogP contribution in [-0.4, -0.2) is 63.0 Å². The summed E-state index contributed by atoms with van der Waals surface area (Å²) < 4.78 is 0. The first-order valence-electron chi connectivity index (χ1n) is 10.2. The van der Waals surface area contributed by atoms with Gasteiger partial charge in [-0.15, -0.1) is 0 Å². The van der Waals surface area contributed by atoms with Gasteiger partial charge >= 0.3 is 0 Å². The molecule has 0 radical (unpaired) electrons. The molecule has 31 heavy (non-hydrogen) atoms. The number of rotatable bonds is 10. The molecule has 6 heteroatoms. The summed E-state index contributed by atoms with van der Waals surface area (Å²) in [5, 5.41) is 2.94. The molecule has 0 bridgehead atoms. The predicted molar refractivity (Wildman–Crippen MR) is 132 cm³/mol. The summed E-state index contributed by atoms with van der Waals surface area (Å²) in [4.78, 5) is 27.5. The SMILES string of the molecule is C=Nc1ccc(-c2cccc(C(=O)NCCN(C)C)c2)nc1C(=C)/C(=C/C=NC)CC. The van der Waals surface area contributed by atoms with Crippen LogP contribution in [0.4, 0.5) is 5.69 Å². The number of amides is 1. The second kappa shape index (κ2) is 11.7. The number of hydrogen-bond acceptors (Lipinski definition) is 5. The van der Waals surface area contributed by atoms with Crippen molar-refractivity contribution in [1.82, 2.24) is 15.2 Å². The summed E-state index contributed by atoms with van der Waals surface area (Å²) in [6, 6.07) is 11.2. The molecule has 0 saturated carbocycles. The van der Waals surface area contributed by atoms with Crippen molar-refractivity contribution in [2.75, 3.05) is 34.2 Å². The van der Waals surface area contributed by atoms with Crippen LogP contribution in [0.25, 0.3) is 16.8 Å². The van der Waals surface area contributed by atoms with Crippen molar-refractivity contribution in [2.45, 2.75) is 13.3 Å². The zero-order valence-corrected chi connectivity index (χ0v) is 18.9. The standard InChI is InChI=1S/C25H31N5O/c1-7-19(13-14-26-3)18(2)24-23(27-4)12-11-22(29-24)20-9-8-10-21(17-20)25(31)28-15-16-30(5)6/h8-14,17H,2,4,7,15-16H2,1,3,5-6H3,(H,28,31)/b19-13+,26-14?. The maximum absolute atomic E-state index is 12.5. The van der Waals surface area contributed by atoms with Crippen LogP contribution in [-0.2, 0) is 0 Å². The van der Waals surface area contributed by atoms with Gasteiger partial charge in [0.15, 0.2) is 0 Å². The highest BCUT2D eigenvalue weighted by Crippen LogP contribution is 2.32. The van der Waals surface area contributed by atoms with Crippen LogP contribution in [0.15, 0.2) is 64.6 Å². The molecular weight excluding hydrogens is 386 g/mol. The highest BCUT2D eigenvalue weighted by atomic mass is 16.1. The van der Waals surface area contributed by atoms with E-state index in [0.717, 1.165) is 35.4 Å². The van der Waals surface area contributed by atoms with E-state index < -0.39 is 0 Å². The van der Waals surface area contributed by atoms with Crippen molar-refractivity contribution < 1.29 is 4.79 Å². The first-order chi connectivity index (χ1) is 14.9. The molecule has 1 heterocycles. The van der Waals surface area contributed by atoms with E-state index in [2.05, 4.69) is 35.5 Å². The molecule has 162 valence electrons. The molecule has 0 saturated heterocycles. The van der Waals surface area contributed by atoms with Crippen LogP contribution in [0.1, 0.15) is 29.4 Å². The first kappa shape index (κ1) is 23.9. The third kappa shape index (κ3) is 6.55. The normalized spacial score (nSPS) is 11.7. The van der Waals surface area contributed by atoms with Crippen LogP contribution in [0.5, 0.6) is 0 Å². The molecule has 2 rings (SSSR count). The summed E-state index contributed by atoms with van der Waals surface area (Å²) >= 11 is 0. The number of aliphatic imine (C=N–C) groups is 2. The van der Waals surface area contributed by atoms with Crippen LogP contribution in [0, 0.1) is 0 Å². The van der Waals surface area contributed by atoms with E-state index in [9.17, 15) is 4.79 Å². The Morgan fingerprint density at radius 2 is 2.03 bits per heavy atom. The molecule has 0 aliphatic heterocycles. The van der Waals surface area contributed by atoms with E-state index in [-0.39, 0.29) is 5.91 Å². The van der Waals surface area contributed by atoms with Gasteiger partial charge in [0.25, 0.3) is 5.91 Å². The van der Waals surface area contributed by atoms with Crippen LogP contribution in [0.2, 0.25) is 0 Å². The smallest absolute Gasteiger partial charge is 0.251 e. The maximum atomic E-state index is 12.5. The topological polar surface area (TPSA) is 70.0 Å². The lowest BCUT2D eigenvalue weighted by Crippen LogP contribution is -2.31. The molecule has 0 aliphatic rings. The Kier molecular flexibility index (Phi) is 9.03. The van der Waals surface area contributed by atoms with Crippen molar-refractivity contribution in [2.24, 2.45) is 9.98 Å². The zero-order chi connectivity index (χ0) is 22.8. The van der Waals surface area contributed by atoms with Gasteiger partial charge in [-0.1, -0.05) is 25.6 Å². The van der Waals surface area contributed by atoms with Crippen LogP contribution < -0.4 is 5.32 Å². The van der Waals surface area contributed by atoms with Gasteiger partial charge in [-0.25, -0.2) is 4.98 Å². The van der Waals surface area contributed by atoms with E-state index in [1.165, 1.54) is 0 Å². The van der Waals surface area contributed by atoms with Crippen molar-refractivity contribution >= 4 is 30.1 Å². The largest absolute Gasteiger partial charge is 0.351 e. The van der Waals surface area contributed by atoms with E-state index in [0.29, 0.717) is 23.5 Å². The van der Waals surface area contributed by atoms with Gasteiger partial charge in [0, 0.05) is 37.5 Å². The molecular formula is C25H31N5O. The molecule has 1 amide bonds. The molecule has 0 spiro atoms. The minimum absolute atomic E-state index is 0.104. The van der Waals surface area contributed by atoms with Gasteiger partial charge in [0.2, 0.25) is 0 Å². The molecule has 0 atom stereocenters. The molecule has 0 aliphatic carbocycles. The highest BCUT2D eigenvalue weighted by molar-refractivity contribution is 5.95. The van der Waals surface area contributed by atoms with Crippen LogP contribution >= 0.6 is 0 Å². The quantitative estimate of drug-likeness (QED) is 0.459. The van der Waals surface area contributed by atoms with Gasteiger partial charge in [-0.3, -0.25) is 14.8 Å². The second-order valence-electron chi connectivity index (χ2n) is 7.29. The molecule has 0 fully saturated rings. The van der Waals surface area contributed by atoms with E-state index in [4.69, 9.17) is 4.98 Å². The zero-order valence-electron chi connectivity index (χ0n) is 18.9. The summed E-state index contributed by atoms with van der Waals surface area (Å²) in [6.07, 6.45) is 4.46. The van der Waals surface area contributed by atoms with Gasteiger partial charge < -0.3 is 10.2 Å². The number of benzene rings is 1. The lowest BCUT2D eigenvalue weighted by atomic mass is 9.99. The summed E-state index contributed by atoms with van der Waals surface area (Å²) in [7, 11) is 5.67. The fraction of sp³-hybridized carbons (Fsp3) is 0.280. The number of allylic oxidation sites excluding steroid dienone is 3. The van der Waals surface area contributed by atoms with Crippen molar-refractivity contribution in [3.63, 3.8) is 0 Å². The Labute approximate surface area is 185 Å². The lowest BCUT2D eigenvalue weighted by Gasteiger charge is -2.13. The number of hydrogen-bond donors (Lipinski definition) is 1. The highest BCUT2D eigenvalue weighted by Gasteiger charge is 2.14. The number of carbonyl (C=O) groups is 1. The van der Waals surface area contributed by atoms with Crippen molar-refractivity contribution in [1.29, 1.82) is 0 Å². The summed E-state index contributed by atoms with van der Waals surface area (Å²) in [5.74, 6) is -0.104. The average molecular weight is 418 g/mol. The van der Waals surface area contributed by atoms with Crippen LogP contribution in [0.3, 0.4) is 0 Å². The Morgan fingerprint density at radius 3 is 2.68 bits per heavy atom. The van der Waals surface area contributed by atoms with E-state index in [1.807, 2.05) is 55.4 Å². The fourth-order valence-electron chi connectivity index (χ4n) is 3.03. The van der Waals surface area contributed by atoms with E-state index >= 15 is 0 Å². The van der Waals surface area contributed by atoms with Gasteiger partial charge in [0.05, 0.1) is 17.1 Å². The average Bonchev–Trinajstić information content (AvgIpc) is 2.78. The first-order valence-corrected chi connectivity index (χ1v) is 10.2. The van der Waals surface area contributed by atoms with E-state index in [1.54, 1.807) is 19.3 Å². The number of nitrogens with zero attached hydrogens (tertiary/aromatic N) is 4. The Balaban J connectivity index is 2.38. The number of carbonyl (C=O) groups excluding carboxylic acids is 1. The molecule has 1 aromatic carbocycles. The minimum atomic E-state index is -0.104. The predicted octanol–water partition coefficient (Wildman–Crippen LogP) is 4.42.